The summed E-state index contributed by atoms with van der Waals surface area (Å²) in [5, 5.41) is 14.7. The van der Waals surface area contributed by atoms with Crippen LogP contribution in [0.2, 0.25) is 0 Å². The van der Waals surface area contributed by atoms with Gasteiger partial charge in [0.25, 0.3) is 0 Å². The van der Waals surface area contributed by atoms with Gasteiger partial charge < -0.3 is 20.6 Å². The topological polar surface area (TPSA) is 98.7 Å². The molecular weight excluding hydrogens is 286 g/mol. The first-order valence-electron chi connectivity index (χ1n) is 8.02. The monoisotopic (exact) mass is 311 g/mol. The molecule has 1 atom stereocenters. The summed E-state index contributed by atoms with van der Waals surface area (Å²) in [6.45, 7) is 1.82. The van der Waals surface area contributed by atoms with Crippen molar-refractivity contribution in [2.75, 3.05) is 13.1 Å². The van der Waals surface area contributed by atoms with Gasteiger partial charge in [0.1, 0.15) is 5.54 Å². The minimum atomic E-state index is -1.15. The number of hydrogen-bond acceptors (Lipinski definition) is 3. The normalized spacial score (nSPS) is 25.8. The van der Waals surface area contributed by atoms with Gasteiger partial charge in [0.15, 0.2) is 0 Å². The molecule has 0 bridgehead atoms. The molecule has 7 heteroatoms. The summed E-state index contributed by atoms with van der Waals surface area (Å²) in [5.41, 5.74) is -1.15. The number of likely N-dealkylation sites (tertiary alicyclic amines) is 1. The summed E-state index contributed by atoms with van der Waals surface area (Å²) < 4.78 is 0. The van der Waals surface area contributed by atoms with Gasteiger partial charge in [-0.2, -0.15) is 0 Å². The molecule has 3 amide bonds. The lowest BCUT2D eigenvalue weighted by atomic mass is 9.96. The summed E-state index contributed by atoms with van der Waals surface area (Å²) in [4.78, 5) is 36.7. The molecule has 0 aromatic heterocycles. The second-order valence-corrected chi connectivity index (χ2v) is 6.39. The minimum absolute atomic E-state index is 0.165. The van der Waals surface area contributed by atoms with E-state index >= 15 is 0 Å². The Morgan fingerprint density at radius 2 is 1.86 bits per heavy atom. The van der Waals surface area contributed by atoms with E-state index in [1.54, 1.807) is 6.92 Å². The molecule has 2 aliphatic rings. The van der Waals surface area contributed by atoms with Gasteiger partial charge in [-0.05, 0) is 32.6 Å². The Balaban J connectivity index is 1.79. The zero-order chi connectivity index (χ0) is 16.2. The number of carbonyl (C=O) groups excluding carboxylic acids is 2. The van der Waals surface area contributed by atoms with Crippen LogP contribution in [0.25, 0.3) is 0 Å². The van der Waals surface area contributed by atoms with Crippen molar-refractivity contribution in [3.63, 3.8) is 0 Å². The van der Waals surface area contributed by atoms with Crippen LogP contribution in [0.5, 0.6) is 0 Å². The van der Waals surface area contributed by atoms with E-state index in [1.807, 2.05) is 0 Å². The predicted molar refractivity (Wildman–Crippen MR) is 80.4 cm³/mol. The number of urea groups is 1. The van der Waals surface area contributed by atoms with Crippen molar-refractivity contribution in [3.05, 3.63) is 0 Å². The minimum Gasteiger partial charge on any atom is -0.480 e. The molecule has 1 aliphatic carbocycles. The summed E-state index contributed by atoms with van der Waals surface area (Å²) in [6.07, 6.45) is 6.52. The maximum absolute atomic E-state index is 12.2. The summed E-state index contributed by atoms with van der Waals surface area (Å²) in [6, 6.07) is -0.170. The van der Waals surface area contributed by atoms with Crippen molar-refractivity contribution in [1.29, 1.82) is 0 Å². The third kappa shape index (κ3) is 3.69. The number of carbonyl (C=O) groups is 3. The summed E-state index contributed by atoms with van der Waals surface area (Å²) in [7, 11) is 0. The van der Waals surface area contributed by atoms with Gasteiger partial charge in [-0.25, -0.2) is 9.59 Å². The second-order valence-electron chi connectivity index (χ2n) is 6.39. The highest BCUT2D eigenvalue weighted by atomic mass is 16.4. The lowest BCUT2D eigenvalue weighted by molar-refractivity contribution is -0.154. The molecule has 7 nitrogen and oxygen atoms in total. The summed E-state index contributed by atoms with van der Waals surface area (Å²) >= 11 is 0. The van der Waals surface area contributed by atoms with Gasteiger partial charge in [-0.1, -0.05) is 19.3 Å². The molecule has 1 heterocycles. The fourth-order valence-electron chi connectivity index (χ4n) is 3.32. The van der Waals surface area contributed by atoms with E-state index in [4.69, 9.17) is 0 Å². The highest BCUT2D eigenvalue weighted by molar-refractivity contribution is 5.90. The molecule has 3 N–H and O–H groups in total. The third-order valence-corrected chi connectivity index (χ3v) is 4.74. The number of rotatable bonds is 4. The Morgan fingerprint density at radius 1 is 1.18 bits per heavy atom. The molecule has 0 radical (unpaired) electrons. The molecule has 1 unspecified atom stereocenters. The van der Waals surface area contributed by atoms with Crippen LogP contribution in [0.15, 0.2) is 0 Å². The smallest absolute Gasteiger partial charge is 0.329 e. The number of nitrogens with one attached hydrogen (secondary N) is 2. The highest BCUT2D eigenvalue weighted by Crippen LogP contribution is 2.29. The zero-order valence-corrected chi connectivity index (χ0v) is 13.1. The second kappa shape index (κ2) is 6.98. The van der Waals surface area contributed by atoms with Crippen LogP contribution < -0.4 is 10.6 Å². The number of hydrogen-bond donors (Lipinski definition) is 3. The van der Waals surface area contributed by atoms with Crippen molar-refractivity contribution in [1.82, 2.24) is 15.5 Å². The first kappa shape index (κ1) is 16.6. The largest absolute Gasteiger partial charge is 0.480 e. The van der Waals surface area contributed by atoms with E-state index in [2.05, 4.69) is 10.6 Å². The van der Waals surface area contributed by atoms with E-state index < -0.39 is 11.5 Å². The molecule has 22 heavy (non-hydrogen) atoms. The first-order chi connectivity index (χ1) is 10.4. The van der Waals surface area contributed by atoms with Crippen LogP contribution in [0, 0.1) is 0 Å². The Kier molecular flexibility index (Phi) is 5.26. The lowest BCUT2D eigenvalue weighted by Crippen LogP contribution is -2.54. The summed E-state index contributed by atoms with van der Waals surface area (Å²) in [5.74, 6) is -1.34. The molecule has 1 saturated heterocycles. The lowest BCUT2D eigenvalue weighted by Gasteiger charge is -2.31. The van der Waals surface area contributed by atoms with Crippen LogP contribution in [0.4, 0.5) is 4.79 Å². The van der Waals surface area contributed by atoms with E-state index in [1.165, 1.54) is 11.3 Å². The molecule has 2 fully saturated rings. The maximum Gasteiger partial charge on any atom is 0.329 e. The Morgan fingerprint density at radius 3 is 2.50 bits per heavy atom. The SMILES string of the molecule is CC1(C(=O)O)CCCN1C(=O)CNC(=O)NC1CCCCC1. The Labute approximate surface area is 130 Å². The quantitative estimate of drug-likeness (QED) is 0.723. The van der Waals surface area contributed by atoms with Crippen molar-refractivity contribution in [3.8, 4) is 0 Å². The first-order valence-corrected chi connectivity index (χ1v) is 8.02. The van der Waals surface area contributed by atoms with Gasteiger partial charge in [-0.15, -0.1) is 0 Å². The van der Waals surface area contributed by atoms with Gasteiger partial charge >= 0.3 is 12.0 Å². The van der Waals surface area contributed by atoms with Crippen molar-refractivity contribution < 1.29 is 19.5 Å². The average molecular weight is 311 g/mol. The molecule has 1 aliphatic heterocycles. The molecule has 0 aromatic rings. The van der Waals surface area contributed by atoms with Gasteiger partial charge in [0.05, 0.1) is 6.54 Å². The third-order valence-electron chi connectivity index (χ3n) is 4.74. The molecule has 1 saturated carbocycles. The van der Waals surface area contributed by atoms with Crippen molar-refractivity contribution in [2.45, 2.75) is 63.5 Å². The van der Waals surface area contributed by atoms with Crippen LogP contribution in [-0.2, 0) is 9.59 Å². The average Bonchev–Trinajstić information content (AvgIpc) is 2.89. The maximum atomic E-state index is 12.2. The number of amides is 3. The molecule has 2 rings (SSSR count). The van der Waals surface area contributed by atoms with E-state index in [-0.39, 0.29) is 24.5 Å². The zero-order valence-electron chi connectivity index (χ0n) is 13.1. The van der Waals surface area contributed by atoms with Crippen LogP contribution in [-0.4, -0.2) is 52.6 Å². The van der Waals surface area contributed by atoms with E-state index in [0.717, 1.165) is 25.7 Å². The van der Waals surface area contributed by atoms with Gasteiger partial charge in [0, 0.05) is 12.6 Å². The fourth-order valence-corrected chi connectivity index (χ4v) is 3.32. The van der Waals surface area contributed by atoms with Gasteiger partial charge in [0.2, 0.25) is 5.91 Å². The highest BCUT2D eigenvalue weighted by Gasteiger charge is 2.45. The number of carboxylic acid groups (broad SMARTS) is 1. The van der Waals surface area contributed by atoms with Crippen LogP contribution >= 0.6 is 0 Å². The number of aliphatic carboxylic acids is 1. The van der Waals surface area contributed by atoms with E-state index in [0.29, 0.717) is 19.4 Å². The van der Waals surface area contributed by atoms with Crippen molar-refractivity contribution in [2.24, 2.45) is 0 Å². The molecule has 0 aromatic carbocycles. The predicted octanol–water partition coefficient (Wildman–Crippen LogP) is 1.08. The molecular formula is C15H25N3O4. The van der Waals surface area contributed by atoms with E-state index in [9.17, 15) is 19.5 Å². The van der Waals surface area contributed by atoms with Crippen molar-refractivity contribution >= 4 is 17.9 Å². The van der Waals surface area contributed by atoms with Crippen LogP contribution in [0.3, 0.4) is 0 Å². The van der Waals surface area contributed by atoms with Crippen LogP contribution in [0.1, 0.15) is 51.9 Å². The Hall–Kier alpha value is -1.79. The molecule has 124 valence electrons. The number of carboxylic acids is 1. The fraction of sp³-hybridized carbons (Fsp3) is 0.800. The standard InChI is InChI=1S/C15H25N3O4/c1-15(13(20)21)8-5-9-18(15)12(19)10-16-14(22)17-11-6-3-2-4-7-11/h11H,2-10H2,1H3,(H,20,21)(H2,16,17,22). The van der Waals surface area contributed by atoms with Gasteiger partial charge in [-0.3, -0.25) is 4.79 Å². The number of nitrogens with zero attached hydrogens (tertiary/aromatic N) is 1. The Bertz CT molecular complexity index is 448. The molecule has 0 spiro atoms.